The molecule has 0 aliphatic carbocycles. The van der Waals surface area contributed by atoms with Crippen molar-refractivity contribution in [1.29, 1.82) is 0 Å². The maximum atomic E-state index is 12.1. The van der Waals surface area contributed by atoms with E-state index in [2.05, 4.69) is 31.2 Å². The van der Waals surface area contributed by atoms with Crippen LogP contribution in [0.1, 0.15) is 16.1 Å². The molecule has 2 rings (SSSR count). The standard InChI is InChI=1S/C13H11BrClN3O3/c14-8-1-7(2-9(15)3-8)12(19)18-11(13(20)21)4-10-5-16-6-17-10/h1-3,5-6,11H,4H2,(H,16,17)(H,18,19)(H,20,21)/t11-/m1/s1. The molecule has 0 spiro atoms. The molecule has 0 aliphatic heterocycles. The Morgan fingerprint density at radius 1 is 1.43 bits per heavy atom. The summed E-state index contributed by atoms with van der Waals surface area (Å²) in [6, 6.07) is 3.61. The van der Waals surface area contributed by atoms with Crippen molar-refractivity contribution in [2.45, 2.75) is 12.5 Å². The van der Waals surface area contributed by atoms with Crippen molar-refractivity contribution in [3.8, 4) is 0 Å². The predicted octanol–water partition coefficient (Wildman–Crippen LogP) is 2.25. The molecule has 0 unspecified atom stereocenters. The third-order valence-corrected chi connectivity index (χ3v) is 3.38. The number of amides is 1. The Morgan fingerprint density at radius 2 is 2.19 bits per heavy atom. The van der Waals surface area contributed by atoms with Gasteiger partial charge >= 0.3 is 5.97 Å². The number of carbonyl (C=O) groups is 2. The molecule has 3 N–H and O–H groups in total. The number of nitrogens with zero attached hydrogens (tertiary/aromatic N) is 1. The van der Waals surface area contributed by atoms with Crippen LogP contribution in [0.15, 0.2) is 35.2 Å². The maximum absolute atomic E-state index is 12.1. The number of hydrogen-bond acceptors (Lipinski definition) is 3. The number of hydrogen-bond donors (Lipinski definition) is 3. The first-order chi connectivity index (χ1) is 9.95. The van der Waals surface area contributed by atoms with E-state index in [0.29, 0.717) is 15.2 Å². The van der Waals surface area contributed by atoms with Crippen molar-refractivity contribution >= 4 is 39.4 Å². The second-order valence-electron chi connectivity index (χ2n) is 4.30. The van der Waals surface area contributed by atoms with Gasteiger partial charge < -0.3 is 15.4 Å². The maximum Gasteiger partial charge on any atom is 0.326 e. The molecule has 0 saturated carbocycles. The zero-order valence-corrected chi connectivity index (χ0v) is 13.0. The predicted molar refractivity (Wildman–Crippen MR) is 80.3 cm³/mol. The first-order valence-electron chi connectivity index (χ1n) is 5.92. The van der Waals surface area contributed by atoms with Crippen LogP contribution in [0.25, 0.3) is 0 Å². The Labute approximate surface area is 133 Å². The number of carboxylic acids is 1. The quantitative estimate of drug-likeness (QED) is 0.750. The number of halogens is 2. The summed E-state index contributed by atoms with van der Waals surface area (Å²) in [5.74, 6) is -1.64. The van der Waals surface area contributed by atoms with Gasteiger partial charge in [-0.2, -0.15) is 0 Å². The number of nitrogens with one attached hydrogen (secondary N) is 2. The van der Waals surface area contributed by atoms with Crippen LogP contribution < -0.4 is 5.32 Å². The van der Waals surface area contributed by atoms with Crippen LogP contribution in [0.4, 0.5) is 0 Å². The molecule has 21 heavy (non-hydrogen) atoms. The van der Waals surface area contributed by atoms with E-state index in [1.807, 2.05) is 0 Å². The van der Waals surface area contributed by atoms with E-state index in [-0.39, 0.29) is 12.0 Å². The molecule has 8 heteroatoms. The smallest absolute Gasteiger partial charge is 0.326 e. The zero-order valence-electron chi connectivity index (χ0n) is 10.6. The van der Waals surface area contributed by atoms with Gasteiger partial charge in [-0.3, -0.25) is 4.79 Å². The minimum atomic E-state index is -1.13. The summed E-state index contributed by atoms with van der Waals surface area (Å²) >= 11 is 9.10. The largest absolute Gasteiger partial charge is 0.480 e. The van der Waals surface area contributed by atoms with Gasteiger partial charge in [0, 0.05) is 33.4 Å². The number of carbonyl (C=O) groups excluding carboxylic acids is 1. The first kappa shape index (κ1) is 15.5. The van der Waals surface area contributed by atoms with Crippen LogP contribution >= 0.6 is 27.5 Å². The van der Waals surface area contributed by atoms with Crippen molar-refractivity contribution in [2.75, 3.05) is 0 Å². The lowest BCUT2D eigenvalue weighted by Crippen LogP contribution is -2.42. The highest BCUT2D eigenvalue weighted by molar-refractivity contribution is 9.10. The molecule has 0 saturated heterocycles. The summed E-state index contributed by atoms with van der Waals surface area (Å²) in [7, 11) is 0. The van der Waals surface area contributed by atoms with Crippen LogP contribution in [0.2, 0.25) is 5.02 Å². The van der Waals surface area contributed by atoms with Gasteiger partial charge in [-0.25, -0.2) is 9.78 Å². The van der Waals surface area contributed by atoms with E-state index in [9.17, 15) is 14.7 Å². The van der Waals surface area contributed by atoms with Crippen LogP contribution in [0, 0.1) is 0 Å². The fraction of sp³-hybridized carbons (Fsp3) is 0.154. The van der Waals surface area contributed by atoms with Gasteiger partial charge in [0.1, 0.15) is 6.04 Å². The summed E-state index contributed by atoms with van der Waals surface area (Å²) in [6.45, 7) is 0. The molecule has 1 amide bonds. The molecule has 0 aliphatic rings. The Hall–Kier alpha value is -1.86. The first-order valence-corrected chi connectivity index (χ1v) is 7.10. The molecule has 6 nitrogen and oxygen atoms in total. The average molecular weight is 373 g/mol. The van der Waals surface area contributed by atoms with Crippen LogP contribution in [-0.4, -0.2) is 33.0 Å². The molecule has 0 radical (unpaired) electrons. The fourth-order valence-corrected chi connectivity index (χ4v) is 2.60. The van der Waals surface area contributed by atoms with Gasteiger partial charge in [0.15, 0.2) is 0 Å². The second kappa shape index (κ2) is 6.73. The van der Waals surface area contributed by atoms with E-state index >= 15 is 0 Å². The average Bonchev–Trinajstić information content (AvgIpc) is 2.89. The van der Waals surface area contributed by atoms with Gasteiger partial charge in [-0.1, -0.05) is 27.5 Å². The van der Waals surface area contributed by atoms with Crippen molar-refractivity contribution < 1.29 is 14.7 Å². The van der Waals surface area contributed by atoms with E-state index in [1.54, 1.807) is 12.1 Å². The fourth-order valence-electron chi connectivity index (χ4n) is 1.74. The topological polar surface area (TPSA) is 95.1 Å². The monoisotopic (exact) mass is 371 g/mol. The van der Waals surface area contributed by atoms with E-state index in [4.69, 9.17) is 11.6 Å². The van der Waals surface area contributed by atoms with Gasteiger partial charge in [0.05, 0.1) is 6.33 Å². The number of aliphatic carboxylic acids is 1. The number of aromatic nitrogens is 2. The summed E-state index contributed by atoms with van der Waals surface area (Å²) in [6.07, 6.45) is 3.07. The minimum Gasteiger partial charge on any atom is -0.480 e. The van der Waals surface area contributed by atoms with Gasteiger partial charge in [-0.15, -0.1) is 0 Å². The van der Waals surface area contributed by atoms with Crippen LogP contribution in [0.5, 0.6) is 0 Å². The Morgan fingerprint density at radius 3 is 2.76 bits per heavy atom. The Balaban J connectivity index is 2.12. The molecule has 1 heterocycles. The molecule has 1 aromatic heterocycles. The third-order valence-electron chi connectivity index (χ3n) is 2.71. The van der Waals surface area contributed by atoms with Crippen molar-refractivity contribution in [3.63, 3.8) is 0 Å². The van der Waals surface area contributed by atoms with Crippen molar-refractivity contribution in [2.24, 2.45) is 0 Å². The summed E-state index contributed by atoms with van der Waals surface area (Å²) in [4.78, 5) is 30.0. The number of rotatable bonds is 5. The molecule has 0 bridgehead atoms. The number of carboxylic acid groups (broad SMARTS) is 1. The molecular formula is C13H11BrClN3O3. The summed E-state index contributed by atoms with van der Waals surface area (Å²) < 4.78 is 0.639. The second-order valence-corrected chi connectivity index (χ2v) is 5.66. The molecular weight excluding hydrogens is 362 g/mol. The number of imidazole rings is 1. The van der Waals surface area contributed by atoms with E-state index < -0.39 is 17.9 Å². The lowest BCUT2D eigenvalue weighted by Gasteiger charge is -2.14. The SMILES string of the molecule is O=C(N[C@H](Cc1cnc[nH]1)C(=O)O)c1cc(Cl)cc(Br)c1. The van der Waals surface area contributed by atoms with Crippen molar-refractivity contribution in [3.05, 3.63) is 51.5 Å². The van der Waals surface area contributed by atoms with Crippen LogP contribution in [-0.2, 0) is 11.2 Å². The number of aromatic amines is 1. The third kappa shape index (κ3) is 4.30. The highest BCUT2D eigenvalue weighted by atomic mass is 79.9. The van der Waals surface area contributed by atoms with Crippen molar-refractivity contribution in [1.82, 2.24) is 15.3 Å². The highest BCUT2D eigenvalue weighted by Gasteiger charge is 2.22. The van der Waals surface area contributed by atoms with Gasteiger partial charge in [-0.05, 0) is 18.2 Å². The molecule has 1 atom stereocenters. The summed E-state index contributed by atoms with van der Waals surface area (Å²) in [5.41, 5.74) is 0.903. The number of benzene rings is 1. The molecule has 110 valence electrons. The van der Waals surface area contributed by atoms with E-state index in [1.165, 1.54) is 18.6 Å². The molecule has 1 aromatic carbocycles. The highest BCUT2D eigenvalue weighted by Crippen LogP contribution is 2.19. The van der Waals surface area contributed by atoms with Crippen LogP contribution in [0.3, 0.4) is 0 Å². The summed E-state index contributed by atoms with van der Waals surface area (Å²) in [5, 5.41) is 12.0. The van der Waals surface area contributed by atoms with Gasteiger partial charge in [0.25, 0.3) is 5.91 Å². The lowest BCUT2D eigenvalue weighted by atomic mass is 10.1. The lowest BCUT2D eigenvalue weighted by molar-refractivity contribution is -0.139. The Bertz CT molecular complexity index is 640. The Kier molecular flexibility index (Phi) is 4.98. The normalized spacial score (nSPS) is 11.9. The molecule has 0 fully saturated rings. The number of H-pyrrole nitrogens is 1. The van der Waals surface area contributed by atoms with Gasteiger partial charge in [0.2, 0.25) is 0 Å². The van der Waals surface area contributed by atoms with E-state index in [0.717, 1.165) is 0 Å². The zero-order chi connectivity index (χ0) is 15.4. The molecule has 2 aromatic rings. The minimum absolute atomic E-state index is 0.114.